The fourth-order valence-electron chi connectivity index (χ4n) is 2.63. The average Bonchev–Trinajstić information content (AvgIpc) is 2.68. The van der Waals surface area contributed by atoms with E-state index in [1.54, 1.807) is 25.1 Å². The minimum atomic E-state index is -0.510. The molecule has 5 N–H and O–H groups in total. The Kier molecular flexibility index (Phi) is 11.6. The highest BCUT2D eigenvalue weighted by Gasteiger charge is 2.11. The summed E-state index contributed by atoms with van der Waals surface area (Å²) in [5.74, 6) is -0.249. The van der Waals surface area contributed by atoms with Crippen molar-refractivity contribution in [2.45, 2.75) is 32.2 Å². The molecule has 1 atom stereocenters. The zero-order valence-corrected chi connectivity index (χ0v) is 19.0. The lowest BCUT2D eigenvalue weighted by atomic mass is 10.1. The van der Waals surface area contributed by atoms with E-state index in [-0.39, 0.29) is 30.6 Å². The highest BCUT2D eigenvalue weighted by Crippen LogP contribution is 2.33. The number of unbranched alkanes of at least 4 members (excludes halogenated alkanes) is 1. The number of hydrogen-bond acceptors (Lipinski definition) is 4. The van der Waals surface area contributed by atoms with Gasteiger partial charge >= 0.3 is 0 Å². The highest BCUT2D eigenvalue weighted by atomic mass is 35.5. The number of rotatable bonds is 10. The summed E-state index contributed by atoms with van der Waals surface area (Å²) >= 11 is 12.5. The van der Waals surface area contributed by atoms with Crippen molar-refractivity contribution in [1.29, 1.82) is 0 Å². The molecule has 0 unspecified atom stereocenters. The van der Waals surface area contributed by atoms with Crippen molar-refractivity contribution < 1.29 is 9.59 Å². The lowest BCUT2D eigenvalue weighted by Gasteiger charge is -2.14. The molecule has 0 bridgehead atoms. The number of amides is 2. The Morgan fingerprint density at radius 1 is 0.967 bits per heavy atom. The number of hydrogen-bond donors (Lipinski definition) is 4. The lowest BCUT2D eigenvalue weighted by Crippen LogP contribution is -2.38. The molecule has 9 heteroatoms. The first-order valence-corrected chi connectivity index (χ1v) is 10.2. The Bertz CT molecular complexity index is 827. The van der Waals surface area contributed by atoms with Gasteiger partial charge in [-0.2, -0.15) is 0 Å². The summed E-state index contributed by atoms with van der Waals surface area (Å²) in [6.07, 6.45) is 1.76. The standard InChI is InChI=1S/C21H26Cl2N4O2.ClH/c1-14(24)21(29)26-12-5-4-11-25-19(28)13-15-7-2-3-10-18(15)27-20-16(22)8-6-9-17(20)23;/h2-3,6-10,14,27H,4-5,11-13,24H2,1H3,(H,25,28)(H,26,29);1H/t14-;/m0./s1. The zero-order chi connectivity index (χ0) is 21.2. The van der Waals surface area contributed by atoms with E-state index in [0.29, 0.717) is 28.8 Å². The molecular formula is C21H27Cl3N4O2. The molecule has 0 saturated carbocycles. The molecule has 0 heterocycles. The van der Waals surface area contributed by atoms with E-state index in [4.69, 9.17) is 28.9 Å². The number of para-hydroxylation sites is 2. The number of halogens is 3. The first kappa shape index (κ1) is 26.0. The molecule has 0 radical (unpaired) electrons. The molecule has 0 aromatic heterocycles. The van der Waals surface area contributed by atoms with Crippen LogP contribution in [-0.4, -0.2) is 30.9 Å². The molecule has 30 heavy (non-hydrogen) atoms. The van der Waals surface area contributed by atoms with Gasteiger partial charge in [0.15, 0.2) is 0 Å². The first-order chi connectivity index (χ1) is 13.9. The zero-order valence-electron chi connectivity index (χ0n) is 16.7. The molecular weight excluding hydrogens is 447 g/mol. The molecule has 2 aromatic rings. The third-order valence-corrected chi connectivity index (χ3v) is 4.86. The molecule has 0 saturated heterocycles. The van der Waals surface area contributed by atoms with Gasteiger partial charge in [-0.15, -0.1) is 12.4 Å². The maximum Gasteiger partial charge on any atom is 0.236 e. The van der Waals surface area contributed by atoms with E-state index in [0.717, 1.165) is 24.1 Å². The van der Waals surface area contributed by atoms with Crippen LogP contribution in [0.1, 0.15) is 25.3 Å². The first-order valence-electron chi connectivity index (χ1n) is 9.47. The minimum Gasteiger partial charge on any atom is -0.356 e. The molecule has 0 aliphatic carbocycles. The molecule has 2 rings (SSSR count). The second kappa shape index (κ2) is 13.3. The van der Waals surface area contributed by atoms with Gasteiger partial charge < -0.3 is 21.7 Å². The van der Waals surface area contributed by atoms with Gasteiger partial charge in [0.1, 0.15) is 0 Å². The van der Waals surface area contributed by atoms with Crippen LogP contribution in [0.15, 0.2) is 42.5 Å². The molecule has 2 aromatic carbocycles. The SMILES string of the molecule is C[C@H](N)C(=O)NCCCCNC(=O)Cc1ccccc1Nc1c(Cl)cccc1Cl.Cl. The molecule has 6 nitrogen and oxygen atoms in total. The van der Waals surface area contributed by atoms with Crippen molar-refractivity contribution in [3.05, 3.63) is 58.1 Å². The predicted octanol–water partition coefficient (Wildman–Crippen LogP) is 4.06. The normalized spacial score (nSPS) is 11.2. The van der Waals surface area contributed by atoms with Crippen LogP contribution in [0.5, 0.6) is 0 Å². The van der Waals surface area contributed by atoms with Gasteiger partial charge in [-0.05, 0) is 43.5 Å². The maximum atomic E-state index is 12.3. The van der Waals surface area contributed by atoms with Crippen LogP contribution in [0.4, 0.5) is 11.4 Å². The molecule has 0 spiro atoms. The van der Waals surface area contributed by atoms with Crippen molar-refractivity contribution in [2.75, 3.05) is 18.4 Å². The fraction of sp³-hybridized carbons (Fsp3) is 0.333. The van der Waals surface area contributed by atoms with Crippen LogP contribution in [0, 0.1) is 0 Å². The van der Waals surface area contributed by atoms with Crippen molar-refractivity contribution >= 4 is 58.8 Å². The average molecular weight is 474 g/mol. The summed E-state index contributed by atoms with van der Waals surface area (Å²) in [6, 6.07) is 12.3. The van der Waals surface area contributed by atoms with Crippen LogP contribution in [0.3, 0.4) is 0 Å². The lowest BCUT2D eigenvalue weighted by molar-refractivity contribution is -0.122. The Balaban J connectivity index is 0.00000450. The number of carbonyl (C=O) groups excluding carboxylic acids is 2. The Labute approximate surface area is 193 Å². The van der Waals surface area contributed by atoms with Crippen molar-refractivity contribution in [2.24, 2.45) is 5.73 Å². The molecule has 0 aliphatic rings. The van der Waals surface area contributed by atoms with Crippen LogP contribution in [0.2, 0.25) is 10.0 Å². The van der Waals surface area contributed by atoms with E-state index in [1.165, 1.54) is 0 Å². The summed E-state index contributed by atoms with van der Waals surface area (Å²) in [6.45, 7) is 2.72. The molecule has 164 valence electrons. The second-order valence-electron chi connectivity index (χ2n) is 6.69. The minimum absolute atomic E-state index is 0. The van der Waals surface area contributed by atoms with Crippen molar-refractivity contribution in [3.8, 4) is 0 Å². The van der Waals surface area contributed by atoms with Crippen molar-refractivity contribution in [1.82, 2.24) is 10.6 Å². The third-order valence-electron chi connectivity index (χ3n) is 4.23. The molecule has 0 fully saturated rings. The monoisotopic (exact) mass is 472 g/mol. The van der Waals surface area contributed by atoms with E-state index in [2.05, 4.69) is 16.0 Å². The third kappa shape index (κ3) is 8.40. The Morgan fingerprint density at radius 2 is 1.57 bits per heavy atom. The largest absolute Gasteiger partial charge is 0.356 e. The van der Waals surface area contributed by atoms with E-state index >= 15 is 0 Å². The van der Waals surface area contributed by atoms with Crippen LogP contribution in [0.25, 0.3) is 0 Å². The smallest absolute Gasteiger partial charge is 0.236 e. The van der Waals surface area contributed by atoms with Gasteiger partial charge in [-0.1, -0.05) is 47.5 Å². The van der Waals surface area contributed by atoms with Crippen LogP contribution >= 0.6 is 35.6 Å². The summed E-state index contributed by atoms with van der Waals surface area (Å²) < 4.78 is 0. The van der Waals surface area contributed by atoms with Crippen LogP contribution < -0.4 is 21.7 Å². The Hall–Kier alpha value is -1.99. The summed E-state index contributed by atoms with van der Waals surface area (Å²) in [5.41, 5.74) is 7.70. The number of nitrogens with two attached hydrogens (primary N) is 1. The number of benzene rings is 2. The van der Waals surface area contributed by atoms with Gasteiger partial charge in [-0.25, -0.2) is 0 Å². The van der Waals surface area contributed by atoms with E-state index in [9.17, 15) is 9.59 Å². The highest BCUT2D eigenvalue weighted by molar-refractivity contribution is 6.39. The fourth-order valence-corrected chi connectivity index (χ4v) is 3.13. The maximum absolute atomic E-state index is 12.3. The van der Waals surface area contributed by atoms with Gasteiger partial charge in [0.25, 0.3) is 0 Å². The van der Waals surface area contributed by atoms with E-state index < -0.39 is 6.04 Å². The van der Waals surface area contributed by atoms with Gasteiger partial charge in [-0.3, -0.25) is 9.59 Å². The van der Waals surface area contributed by atoms with Crippen LogP contribution in [-0.2, 0) is 16.0 Å². The summed E-state index contributed by atoms with van der Waals surface area (Å²) in [5, 5.41) is 9.88. The number of anilines is 2. The second-order valence-corrected chi connectivity index (χ2v) is 7.51. The number of nitrogens with one attached hydrogen (secondary N) is 3. The van der Waals surface area contributed by atoms with Gasteiger partial charge in [0.05, 0.1) is 28.2 Å². The summed E-state index contributed by atoms with van der Waals surface area (Å²) in [4.78, 5) is 23.7. The van der Waals surface area contributed by atoms with Gasteiger partial charge in [0.2, 0.25) is 11.8 Å². The topological polar surface area (TPSA) is 96.2 Å². The van der Waals surface area contributed by atoms with Crippen molar-refractivity contribution in [3.63, 3.8) is 0 Å². The quantitative estimate of drug-likeness (QED) is 0.391. The summed E-state index contributed by atoms with van der Waals surface area (Å²) in [7, 11) is 0. The predicted molar refractivity (Wildman–Crippen MR) is 126 cm³/mol. The Morgan fingerprint density at radius 3 is 2.20 bits per heavy atom. The van der Waals surface area contributed by atoms with Gasteiger partial charge in [0, 0.05) is 18.8 Å². The molecule has 2 amide bonds. The molecule has 0 aliphatic heterocycles. The van der Waals surface area contributed by atoms with E-state index in [1.807, 2.05) is 24.3 Å². The number of carbonyl (C=O) groups is 2.